The summed E-state index contributed by atoms with van der Waals surface area (Å²) in [4.78, 5) is 18.7. The number of nitrogens with zero attached hydrogens (tertiary/aromatic N) is 2. The zero-order valence-corrected chi connectivity index (χ0v) is 12.0. The van der Waals surface area contributed by atoms with Gasteiger partial charge < -0.3 is 10.6 Å². The van der Waals surface area contributed by atoms with E-state index in [0.717, 1.165) is 31.5 Å². The molecule has 1 fully saturated rings. The molecule has 0 saturated heterocycles. The minimum absolute atomic E-state index is 0.0353. The number of pyridine rings is 1. The smallest absolute Gasteiger partial charge is 0.257 e. The lowest BCUT2D eigenvalue weighted by molar-refractivity contribution is 0.0736. The van der Waals surface area contributed by atoms with Crippen LogP contribution in [-0.2, 0) is 0 Å². The number of nitrogen functional groups attached to an aromatic ring is 1. The summed E-state index contributed by atoms with van der Waals surface area (Å²) < 4.78 is 0. The van der Waals surface area contributed by atoms with Crippen molar-refractivity contribution < 1.29 is 4.79 Å². The topological polar surface area (TPSA) is 59.2 Å². The fourth-order valence-electron chi connectivity index (χ4n) is 2.15. The number of hydrogen-bond acceptors (Lipinski definition) is 3. The molecule has 4 heteroatoms. The maximum atomic E-state index is 12.6. The molecule has 0 bridgehead atoms. The van der Waals surface area contributed by atoms with Crippen molar-refractivity contribution in [1.29, 1.82) is 0 Å². The molecule has 0 atom stereocenters. The van der Waals surface area contributed by atoms with E-state index in [4.69, 9.17) is 5.73 Å². The predicted molar refractivity (Wildman–Crippen MR) is 76.9 cm³/mol. The molecular weight excluding hydrogens is 238 g/mol. The van der Waals surface area contributed by atoms with Gasteiger partial charge in [-0.05, 0) is 38.2 Å². The van der Waals surface area contributed by atoms with Gasteiger partial charge in [-0.15, -0.1) is 0 Å². The van der Waals surface area contributed by atoms with E-state index in [1.807, 2.05) is 11.8 Å². The minimum Gasteiger partial charge on any atom is -0.398 e. The van der Waals surface area contributed by atoms with Crippen LogP contribution in [0.15, 0.2) is 12.3 Å². The molecule has 1 aliphatic carbocycles. The quantitative estimate of drug-likeness (QED) is 0.886. The number of amides is 1. The SMILES string of the molecule is Cc1cc(N)c(C(=O)N(CCC(C)C)C2CC2)cn1. The van der Waals surface area contributed by atoms with Gasteiger partial charge >= 0.3 is 0 Å². The third-order valence-corrected chi connectivity index (χ3v) is 3.50. The summed E-state index contributed by atoms with van der Waals surface area (Å²) in [6.45, 7) is 7.05. The Morgan fingerprint density at radius 3 is 2.74 bits per heavy atom. The van der Waals surface area contributed by atoms with Gasteiger partial charge in [-0.25, -0.2) is 0 Å². The summed E-state index contributed by atoms with van der Waals surface area (Å²) in [6, 6.07) is 2.17. The molecule has 0 radical (unpaired) electrons. The number of nitrogens with two attached hydrogens (primary N) is 1. The molecular formula is C15H23N3O. The van der Waals surface area contributed by atoms with E-state index in [-0.39, 0.29) is 5.91 Å². The second-order valence-electron chi connectivity index (χ2n) is 5.83. The first kappa shape index (κ1) is 13.8. The fraction of sp³-hybridized carbons (Fsp3) is 0.600. The third-order valence-electron chi connectivity index (χ3n) is 3.50. The summed E-state index contributed by atoms with van der Waals surface area (Å²) in [5, 5.41) is 0. The van der Waals surface area contributed by atoms with Gasteiger partial charge in [-0.2, -0.15) is 0 Å². The van der Waals surface area contributed by atoms with E-state index in [0.29, 0.717) is 23.2 Å². The van der Waals surface area contributed by atoms with Crippen LogP contribution in [-0.4, -0.2) is 28.4 Å². The molecule has 2 rings (SSSR count). The molecule has 19 heavy (non-hydrogen) atoms. The zero-order valence-electron chi connectivity index (χ0n) is 12.0. The maximum Gasteiger partial charge on any atom is 0.257 e. The highest BCUT2D eigenvalue weighted by Gasteiger charge is 2.33. The lowest BCUT2D eigenvalue weighted by atomic mass is 10.1. The van der Waals surface area contributed by atoms with Crippen LogP contribution in [0.4, 0.5) is 5.69 Å². The van der Waals surface area contributed by atoms with Crippen molar-refractivity contribution in [3.63, 3.8) is 0 Å². The highest BCUT2D eigenvalue weighted by Crippen LogP contribution is 2.29. The minimum atomic E-state index is 0.0353. The molecule has 1 amide bonds. The molecule has 1 aliphatic rings. The van der Waals surface area contributed by atoms with Gasteiger partial charge in [-0.1, -0.05) is 13.8 Å². The van der Waals surface area contributed by atoms with Crippen molar-refractivity contribution >= 4 is 11.6 Å². The Morgan fingerprint density at radius 2 is 2.21 bits per heavy atom. The standard InChI is InChI=1S/C15H23N3O/c1-10(2)6-7-18(12-4-5-12)15(19)13-9-17-11(3)8-14(13)16/h8-10,12H,4-7H2,1-3H3,(H2,16,17). The van der Waals surface area contributed by atoms with Gasteiger partial charge in [0.15, 0.2) is 0 Å². The van der Waals surface area contributed by atoms with Crippen LogP contribution in [0.3, 0.4) is 0 Å². The summed E-state index contributed by atoms with van der Waals surface area (Å²) in [5.41, 5.74) is 7.87. The van der Waals surface area contributed by atoms with Crippen molar-refractivity contribution in [1.82, 2.24) is 9.88 Å². The van der Waals surface area contributed by atoms with Crippen molar-refractivity contribution in [2.24, 2.45) is 5.92 Å². The molecule has 0 unspecified atom stereocenters. The molecule has 0 aromatic carbocycles. The molecule has 0 aliphatic heterocycles. The van der Waals surface area contributed by atoms with Crippen molar-refractivity contribution in [2.75, 3.05) is 12.3 Å². The highest BCUT2D eigenvalue weighted by molar-refractivity contribution is 5.99. The van der Waals surface area contributed by atoms with E-state index in [1.165, 1.54) is 0 Å². The summed E-state index contributed by atoms with van der Waals surface area (Å²) in [7, 11) is 0. The van der Waals surface area contributed by atoms with Crippen LogP contribution in [0.1, 0.15) is 49.2 Å². The maximum absolute atomic E-state index is 12.6. The summed E-state index contributed by atoms with van der Waals surface area (Å²) in [5.74, 6) is 0.635. The van der Waals surface area contributed by atoms with Gasteiger partial charge in [0.2, 0.25) is 0 Å². The third kappa shape index (κ3) is 3.46. The molecule has 1 aromatic rings. The van der Waals surface area contributed by atoms with Crippen molar-refractivity contribution in [2.45, 2.75) is 46.1 Å². The lowest BCUT2D eigenvalue weighted by Crippen LogP contribution is -2.35. The number of anilines is 1. The lowest BCUT2D eigenvalue weighted by Gasteiger charge is -2.24. The Morgan fingerprint density at radius 1 is 1.53 bits per heavy atom. The van der Waals surface area contributed by atoms with E-state index in [1.54, 1.807) is 12.3 Å². The number of carbonyl (C=O) groups excluding carboxylic acids is 1. The highest BCUT2D eigenvalue weighted by atomic mass is 16.2. The first-order valence-corrected chi connectivity index (χ1v) is 7.02. The number of hydrogen-bond donors (Lipinski definition) is 1. The van der Waals surface area contributed by atoms with Gasteiger partial charge in [0.25, 0.3) is 5.91 Å². The Kier molecular flexibility index (Phi) is 4.08. The second kappa shape index (κ2) is 5.59. The predicted octanol–water partition coefficient (Wildman–Crippen LogP) is 2.62. The first-order chi connectivity index (χ1) is 8.99. The zero-order chi connectivity index (χ0) is 14.0. The number of rotatable bonds is 5. The summed E-state index contributed by atoms with van der Waals surface area (Å²) in [6.07, 6.45) is 4.87. The molecule has 104 valence electrons. The van der Waals surface area contributed by atoms with Gasteiger partial charge in [-0.3, -0.25) is 9.78 Å². The van der Waals surface area contributed by atoms with Gasteiger partial charge in [0, 0.05) is 30.2 Å². The normalized spacial score (nSPS) is 14.7. The van der Waals surface area contributed by atoms with Crippen LogP contribution in [0.5, 0.6) is 0 Å². The van der Waals surface area contributed by atoms with Crippen LogP contribution in [0, 0.1) is 12.8 Å². The number of aryl methyl sites for hydroxylation is 1. The van der Waals surface area contributed by atoms with E-state index in [9.17, 15) is 4.79 Å². The van der Waals surface area contributed by atoms with Crippen molar-refractivity contribution in [3.8, 4) is 0 Å². The Hall–Kier alpha value is -1.58. The van der Waals surface area contributed by atoms with Gasteiger partial charge in [0.05, 0.1) is 5.56 Å². The molecule has 4 nitrogen and oxygen atoms in total. The largest absolute Gasteiger partial charge is 0.398 e. The molecule has 2 N–H and O–H groups in total. The van der Waals surface area contributed by atoms with Crippen LogP contribution in [0.25, 0.3) is 0 Å². The number of aromatic nitrogens is 1. The monoisotopic (exact) mass is 261 g/mol. The Balaban J connectivity index is 2.14. The first-order valence-electron chi connectivity index (χ1n) is 7.02. The fourth-order valence-corrected chi connectivity index (χ4v) is 2.15. The van der Waals surface area contributed by atoms with E-state index in [2.05, 4.69) is 18.8 Å². The average Bonchev–Trinajstić information content (AvgIpc) is 3.13. The van der Waals surface area contributed by atoms with Crippen LogP contribution >= 0.6 is 0 Å². The van der Waals surface area contributed by atoms with E-state index >= 15 is 0 Å². The van der Waals surface area contributed by atoms with Crippen molar-refractivity contribution in [3.05, 3.63) is 23.5 Å². The average molecular weight is 261 g/mol. The molecule has 0 spiro atoms. The Bertz CT molecular complexity index is 466. The van der Waals surface area contributed by atoms with E-state index < -0.39 is 0 Å². The summed E-state index contributed by atoms with van der Waals surface area (Å²) >= 11 is 0. The molecule has 1 heterocycles. The van der Waals surface area contributed by atoms with Crippen LogP contribution < -0.4 is 5.73 Å². The Labute approximate surface area is 115 Å². The molecule has 1 aromatic heterocycles. The molecule has 1 saturated carbocycles. The van der Waals surface area contributed by atoms with Gasteiger partial charge in [0.1, 0.15) is 0 Å². The second-order valence-corrected chi connectivity index (χ2v) is 5.83. The number of carbonyl (C=O) groups is 1. The van der Waals surface area contributed by atoms with Crippen LogP contribution in [0.2, 0.25) is 0 Å².